The maximum Gasteiger partial charge on any atom is 0.405 e. The van der Waals surface area contributed by atoms with E-state index in [-0.39, 0.29) is 11.4 Å². The maximum atomic E-state index is 13.0. The van der Waals surface area contributed by atoms with E-state index in [1.54, 1.807) is 25.1 Å². The molecule has 2 aromatic rings. The number of amides is 1. The van der Waals surface area contributed by atoms with Crippen LogP contribution < -0.4 is 10.6 Å². The maximum absolute atomic E-state index is 13.0. The van der Waals surface area contributed by atoms with Gasteiger partial charge in [-0.3, -0.25) is 4.79 Å². The van der Waals surface area contributed by atoms with E-state index in [2.05, 4.69) is 5.32 Å². The number of carbonyl (C=O) groups excluding carboxylic acids is 1. The molecule has 0 bridgehead atoms. The molecular weight excluding hydrogens is 324 g/mol. The van der Waals surface area contributed by atoms with Crippen molar-refractivity contribution in [1.82, 2.24) is 5.32 Å². The first-order chi connectivity index (χ1) is 11.2. The van der Waals surface area contributed by atoms with E-state index in [4.69, 9.17) is 0 Å². The van der Waals surface area contributed by atoms with Gasteiger partial charge in [-0.25, -0.2) is 4.39 Å². The number of hydrogen-bond donors (Lipinski definition) is 2. The second-order valence-corrected chi connectivity index (χ2v) is 5.30. The minimum Gasteiger partial charge on any atom is -0.381 e. The summed E-state index contributed by atoms with van der Waals surface area (Å²) >= 11 is 0. The van der Waals surface area contributed by atoms with E-state index in [9.17, 15) is 22.4 Å². The molecule has 0 aromatic heterocycles. The van der Waals surface area contributed by atoms with Gasteiger partial charge in [0.2, 0.25) is 0 Å². The molecule has 24 heavy (non-hydrogen) atoms. The molecule has 0 saturated carbocycles. The number of aryl methyl sites for hydroxylation is 1. The number of hydrogen-bond acceptors (Lipinski definition) is 2. The first-order valence-electron chi connectivity index (χ1n) is 7.18. The van der Waals surface area contributed by atoms with Crippen LogP contribution >= 0.6 is 0 Å². The van der Waals surface area contributed by atoms with Crippen LogP contribution in [0.4, 0.5) is 23.2 Å². The third-order valence-electron chi connectivity index (χ3n) is 3.38. The first kappa shape index (κ1) is 17.8. The Balaban J connectivity index is 1.93. The lowest BCUT2D eigenvalue weighted by atomic mass is 10.1. The fourth-order valence-corrected chi connectivity index (χ4v) is 2.08. The van der Waals surface area contributed by atoms with Crippen LogP contribution in [0, 0.1) is 12.7 Å². The van der Waals surface area contributed by atoms with Crippen molar-refractivity contribution in [3.8, 4) is 0 Å². The van der Waals surface area contributed by atoms with E-state index in [0.717, 1.165) is 11.1 Å². The van der Waals surface area contributed by atoms with Gasteiger partial charge in [-0.15, -0.1) is 0 Å². The van der Waals surface area contributed by atoms with Crippen molar-refractivity contribution >= 4 is 11.6 Å². The number of nitrogens with one attached hydrogen (secondary N) is 2. The fourth-order valence-electron chi connectivity index (χ4n) is 2.08. The smallest absolute Gasteiger partial charge is 0.381 e. The van der Waals surface area contributed by atoms with Crippen LogP contribution in [0.5, 0.6) is 0 Å². The van der Waals surface area contributed by atoms with Crippen LogP contribution in [0.15, 0.2) is 42.5 Å². The molecule has 0 aliphatic rings. The van der Waals surface area contributed by atoms with Gasteiger partial charge in [-0.05, 0) is 54.4 Å². The molecule has 128 valence electrons. The molecule has 0 atom stereocenters. The Morgan fingerprint density at radius 1 is 1.08 bits per heavy atom. The topological polar surface area (TPSA) is 41.1 Å². The van der Waals surface area contributed by atoms with Gasteiger partial charge < -0.3 is 10.6 Å². The lowest BCUT2D eigenvalue weighted by Gasteiger charge is -2.11. The Kier molecular flexibility index (Phi) is 5.43. The normalized spacial score (nSPS) is 11.2. The van der Waals surface area contributed by atoms with Crippen molar-refractivity contribution < 1.29 is 22.4 Å². The molecule has 7 heteroatoms. The van der Waals surface area contributed by atoms with Crippen LogP contribution in [0.2, 0.25) is 0 Å². The number of alkyl halides is 3. The Bertz CT molecular complexity index is 712. The summed E-state index contributed by atoms with van der Waals surface area (Å²) in [6.45, 7) is 0.898. The summed E-state index contributed by atoms with van der Waals surface area (Å²) < 4.78 is 49.2. The van der Waals surface area contributed by atoms with Crippen LogP contribution in [0.25, 0.3) is 0 Å². The summed E-state index contributed by atoms with van der Waals surface area (Å²) in [6, 6.07) is 10.6. The molecule has 0 fully saturated rings. The SMILES string of the molecule is Cc1cc(F)ccc1CNc1ccc(C(=O)NCC(F)(F)F)cc1. The number of anilines is 1. The number of halogens is 4. The fraction of sp³-hybridized carbons (Fsp3) is 0.235. The summed E-state index contributed by atoms with van der Waals surface area (Å²) in [5, 5.41) is 4.92. The van der Waals surface area contributed by atoms with Gasteiger partial charge in [-0.1, -0.05) is 6.07 Å². The van der Waals surface area contributed by atoms with Crippen molar-refractivity contribution in [2.45, 2.75) is 19.6 Å². The highest BCUT2D eigenvalue weighted by Crippen LogP contribution is 2.15. The van der Waals surface area contributed by atoms with Crippen molar-refractivity contribution in [1.29, 1.82) is 0 Å². The highest BCUT2D eigenvalue weighted by atomic mass is 19.4. The van der Waals surface area contributed by atoms with Crippen LogP contribution in [-0.2, 0) is 6.54 Å². The second-order valence-electron chi connectivity index (χ2n) is 5.30. The highest BCUT2D eigenvalue weighted by molar-refractivity contribution is 5.94. The van der Waals surface area contributed by atoms with Crippen molar-refractivity contribution in [2.75, 3.05) is 11.9 Å². The van der Waals surface area contributed by atoms with Gasteiger partial charge >= 0.3 is 6.18 Å². The average molecular weight is 340 g/mol. The molecule has 1 amide bonds. The Morgan fingerprint density at radius 2 is 1.75 bits per heavy atom. The number of benzene rings is 2. The van der Waals surface area contributed by atoms with Crippen molar-refractivity contribution in [3.63, 3.8) is 0 Å². The molecule has 3 nitrogen and oxygen atoms in total. The molecule has 0 radical (unpaired) electrons. The second kappa shape index (κ2) is 7.33. The van der Waals surface area contributed by atoms with Gasteiger partial charge in [0.05, 0.1) is 0 Å². The third kappa shape index (κ3) is 5.26. The molecule has 2 aromatic carbocycles. The van der Waals surface area contributed by atoms with Gasteiger partial charge in [0, 0.05) is 17.8 Å². The first-order valence-corrected chi connectivity index (χ1v) is 7.18. The molecule has 0 spiro atoms. The summed E-state index contributed by atoms with van der Waals surface area (Å²) in [4.78, 5) is 11.6. The van der Waals surface area contributed by atoms with E-state index in [1.165, 1.54) is 24.3 Å². The molecule has 0 aliphatic carbocycles. The van der Waals surface area contributed by atoms with E-state index in [1.807, 2.05) is 5.32 Å². The predicted molar refractivity (Wildman–Crippen MR) is 83.3 cm³/mol. The minimum absolute atomic E-state index is 0.141. The zero-order valence-electron chi connectivity index (χ0n) is 12.9. The van der Waals surface area contributed by atoms with E-state index in [0.29, 0.717) is 12.2 Å². The van der Waals surface area contributed by atoms with Gasteiger partial charge in [0.1, 0.15) is 12.4 Å². The lowest BCUT2D eigenvalue weighted by Crippen LogP contribution is -2.33. The van der Waals surface area contributed by atoms with E-state index >= 15 is 0 Å². The minimum atomic E-state index is -4.44. The van der Waals surface area contributed by atoms with Gasteiger partial charge in [0.25, 0.3) is 5.91 Å². The van der Waals surface area contributed by atoms with Gasteiger partial charge in [0.15, 0.2) is 0 Å². The Labute approximate surface area is 136 Å². The average Bonchev–Trinajstić information content (AvgIpc) is 2.51. The number of rotatable bonds is 5. The van der Waals surface area contributed by atoms with Crippen molar-refractivity contribution in [2.24, 2.45) is 0 Å². The highest BCUT2D eigenvalue weighted by Gasteiger charge is 2.27. The zero-order chi connectivity index (χ0) is 17.7. The van der Waals surface area contributed by atoms with Gasteiger partial charge in [-0.2, -0.15) is 13.2 Å². The van der Waals surface area contributed by atoms with E-state index < -0.39 is 18.6 Å². The van der Waals surface area contributed by atoms with Crippen LogP contribution in [0.1, 0.15) is 21.5 Å². The monoisotopic (exact) mass is 340 g/mol. The molecular formula is C17H16F4N2O. The van der Waals surface area contributed by atoms with Crippen molar-refractivity contribution in [3.05, 3.63) is 65.0 Å². The lowest BCUT2D eigenvalue weighted by molar-refractivity contribution is -0.123. The molecule has 0 saturated heterocycles. The molecule has 2 rings (SSSR count). The molecule has 0 heterocycles. The Hall–Kier alpha value is -2.57. The molecule has 2 N–H and O–H groups in total. The van der Waals surface area contributed by atoms with Crippen LogP contribution in [-0.4, -0.2) is 18.6 Å². The summed E-state index contributed by atoms with van der Waals surface area (Å²) in [5.41, 5.74) is 2.57. The number of carbonyl (C=O) groups is 1. The Morgan fingerprint density at radius 3 is 2.33 bits per heavy atom. The third-order valence-corrected chi connectivity index (χ3v) is 3.38. The summed E-state index contributed by atoms with van der Waals surface area (Å²) in [6.07, 6.45) is -4.44. The zero-order valence-corrected chi connectivity index (χ0v) is 12.9. The summed E-state index contributed by atoms with van der Waals surface area (Å²) in [7, 11) is 0. The quantitative estimate of drug-likeness (QED) is 0.807. The predicted octanol–water partition coefficient (Wildman–Crippen LogP) is 4.04. The summed E-state index contributed by atoms with van der Waals surface area (Å²) in [5.74, 6) is -1.08. The molecule has 0 aliphatic heterocycles. The largest absolute Gasteiger partial charge is 0.405 e. The molecule has 0 unspecified atom stereocenters. The van der Waals surface area contributed by atoms with Crippen LogP contribution in [0.3, 0.4) is 0 Å². The standard InChI is InChI=1S/C17H16F4N2O/c1-11-8-14(18)5-2-13(11)9-22-15-6-3-12(4-7-15)16(24)23-10-17(19,20)21/h2-8,22H,9-10H2,1H3,(H,23,24).